The van der Waals surface area contributed by atoms with Gasteiger partial charge in [0.15, 0.2) is 0 Å². The molecule has 0 saturated heterocycles. The highest BCUT2D eigenvalue weighted by Gasteiger charge is 2.20. The first kappa shape index (κ1) is 32.4. The highest BCUT2D eigenvalue weighted by molar-refractivity contribution is 6.07. The number of hydrogen-bond acceptors (Lipinski definition) is 4. The molecule has 0 radical (unpaired) electrons. The molecule has 0 saturated carbocycles. The number of anilines is 6. The third-order valence-electron chi connectivity index (χ3n) is 9.48. The number of nitrogens with zero attached hydrogens (tertiary/aromatic N) is 2. The highest BCUT2D eigenvalue weighted by atomic mass is 16.5. The van der Waals surface area contributed by atoms with Gasteiger partial charge in [0.2, 0.25) is 0 Å². The Kier molecular flexibility index (Phi) is 9.10. The Bertz CT molecular complexity index is 2220. The van der Waals surface area contributed by atoms with Gasteiger partial charge < -0.3 is 19.3 Å². The van der Waals surface area contributed by atoms with Crippen LogP contribution in [0.4, 0.5) is 34.1 Å². The van der Waals surface area contributed by atoms with E-state index in [4.69, 9.17) is 9.47 Å². The Morgan fingerprint density at radius 3 is 0.923 bits per heavy atom. The zero-order chi connectivity index (χ0) is 35.3. The van der Waals surface area contributed by atoms with Crippen molar-refractivity contribution in [2.24, 2.45) is 0 Å². The quantitative estimate of drug-likeness (QED) is 0.144. The Morgan fingerprint density at radius 2 is 0.596 bits per heavy atom. The van der Waals surface area contributed by atoms with Crippen molar-refractivity contribution in [3.05, 3.63) is 194 Å². The minimum atomic E-state index is 0.816. The van der Waals surface area contributed by atoms with Gasteiger partial charge in [-0.25, -0.2) is 0 Å². The van der Waals surface area contributed by atoms with Crippen LogP contribution < -0.4 is 19.3 Å². The van der Waals surface area contributed by atoms with Gasteiger partial charge in [0.25, 0.3) is 0 Å². The van der Waals surface area contributed by atoms with Crippen molar-refractivity contribution in [3.8, 4) is 33.8 Å². The average Bonchev–Trinajstić information content (AvgIpc) is 3.23. The third kappa shape index (κ3) is 6.46. The molecule has 0 aromatic heterocycles. The van der Waals surface area contributed by atoms with E-state index in [0.717, 1.165) is 56.4 Å². The van der Waals surface area contributed by atoms with Crippen molar-refractivity contribution in [1.82, 2.24) is 0 Å². The van der Waals surface area contributed by atoms with Gasteiger partial charge in [-0.1, -0.05) is 109 Å². The normalized spacial score (nSPS) is 10.9. The van der Waals surface area contributed by atoms with Gasteiger partial charge in [-0.3, -0.25) is 0 Å². The maximum absolute atomic E-state index is 5.54. The van der Waals surface area contributed by atoms with Crippen LogP contribution in [0.5, 0.6) is 11.5 Å². The molecule has 0 aliphatic carbocycles. The lowest BCUT2D eigenvalue weighted by atomic mass is 10.0. The second-order valence-corrected chi connectivity index (χ2v) is 12.5. The van der Waals surface area contributed by atoms with Gasteiger partial charge in [-0.05, 0) is 107 Å². The van der Waals surface area contributed by atoms with E-state index in [1.807, 2.05) is 36.4 Å². The lowest BCUT2D eigenvalue weighted by Gasteiger charge is -2.30. The van der Waals surface area contributed by atoms with E-state index in [2.05, 4.69) is 168 Å². The number of rotatable bonds is 10. The molecule has 4 heteroatoms. The topological polar surface area (TPSA) is 24.9 Å². The van der Waals surface area contributed by atoms with Crippen LogP contribution in [0.3, 0.4) is 0 Å². The van der Waals surface area contributed by atoms with E-state index in [1.54, 1.807) is 14.2 Å². The van der Waals surface area contributed by atoms with Crippen molar-refractivity contribution < 1.29 is 9.47 Å². The van der Waals surface area contributed by atoms with Crippen LogP contribution in [0, 0.1) is 0 Å². The molecule has 0 aliphatic rings. The smallest absolute Gasteiger partial charge is 0.119 e. The van der Waals surface area contributed by atoms with E-state index >= 15 is 0 Å². The summed E-state index contributed by atoms with van der Waals surface area (Å²) in [6.45, 7) is 0. The average molecular weight is 675 g/mol. The van der Waals surface area contributed by atoms with Crippen LogP contribution >= 0.6 is 0 Å². The first-order chi connectivity index (χ1) is 25.7. The van der Waals surface area contributed by atoms with Crippen molar-refractivity contribution in [3.63, 3.8) is 0 Å². The fourth-order valence-electron chi connectivity index (χ4n) is 6.85. The Hall–Kier alpha value is -6.78. The Morgan fingerprint density at radius 1 is 0.288 bits per heavy atom. The van der Waals surface area contributed by atoms with Gasteiger partial charge in [-0.2, -0.15) is 0 Å². The lowest BCUT2D eigenvalue weighted by Crippen LogP contribution is -2.12. The van der Waals surface area contributed by atoms with Crippen molar-refractivity contribution in [2.45, 2.75) is 0 Å². The molecule has 0 heterocycles. The molecule has 0 fully saturated rings. The molecule has 0 unspecified atom stereocenters. The Labute approximate surface area is 305 Å². The predicted octanol–water partition coefficient (Wildman–Crippen LogP) is 13.1. The molecule has 0 amide bonds. The van der Waals surface area contributed by atoms with Gasteiger partial charge in [0, 0.05) is 33.5 Å². The molecular formula is C48H38N2O2. The second kappa shape index (κ2) is 14.6. The zero-order valence-electron chi connectivity index (χ0n) is 29.2. The summed E-state index contributed by atoms with van der Waals surface area (Å²) in [5.41, 5.74) is 11.1. The van der Waals surface area contributed by atoms with E-state index < -0.39 is 0 Å². The summed E-state index contributed by atoms with van der Waals surface area (Å²) in [6, 6.07) is 68.2. The summed E-state index contributed by atoms with van der Waals surface area (Å²) in [7, 11) is 3.40. The predicted molar refractivity (Wildman–Crippen MR) is 217 cm³/mol. The first-order valence-corrected chi connectivity index (χ1v) is 17.4. The summed E-state index contributed by atoms with van der Waals surface area (Å²) in [6.07, 6.45) is 0. The Balaban J connectivity index is 1.28. The van der Waals surface area contributed by atoms with E-state index in [1.165, 1.54) is 22.3 Å². The van der Waals surface area contributed by atoms with E-state index in [-0.39, 0.29) is 0 Å². The summed E-state index contributed by atoms with van der Waals surface area (Å²) in [5.74, 6) is 1.63. The van der Waals surface area contributed by atoms with Gasteiger partial charge in [0.1, 0.15) is 11.5 Å². The molecule has 252 valence electrons. The summed E-state index contributed by atoms with van der Waals surface area (Å²) >= 11 is 0. The third-order valence-corrected chi connectivity index (χ3v) is 9.48. The summed E-state index contributed by atoms with van der Waals surface area (Å²) < 4.78 is 11.1. The van der Waals surface area contributed by atoms with Crippen molar-refractivity contribution >= 4 is 44.9 Å². The molecule has 0 spiro atoms. The van der Waals surface area contributed by atoms with Crippen LogP contribution in [0.2, 0.25) is 0 Å². The fourth-order valence-corrected chi connectivity index (χ4v) is 6.85. The monoisotopic (exact) mass is 674 g/mol. The maximum atomic E-state index is 5.54. The van der Waals surface area contributed by atoms with Gasteiger partial charge >= 0.3 is 0 Å². The first-order valence-electron chi connectivity index (χ1n) is 17.4. The largest absolute Gasteiger partial charge is 0.497 e. The molecular weight excluding hydrogens is 637 g/mol. The molecule has 0 N–H and O–H groups in total. The second-order valence-electron chi connectivity index (χ2n) is 12.5. The highest BCUT2D eigenvalue weighted by Crippen LogP contribution is 2.45. The molecule has 8 aromatic carbocycles. The standard InChI is InChI=1S/C48H38N2O2/c1-51-43-31-27-41(28-32-43)49(39-23-19-37(20-24-39)35-11-5-3-6-12-35)47-17-9-16-46-45(47)15-10-18-48(46)50(42-29-33-44(52-2)34-30-42)40-25-21-38(22-26-40)36-13-7-4-8-14-36/h3-34H,1-2H3. The fraction of sp³-hybridized carbons (Fsp3) is 0.0417. The maximum Gasteiger partial charge on any atom is 0.119 e. The molecule has 8 aromatic rings. The number of hydrogen-bond donors (Lipinski definition) is 0. The van der Waals surface area contributed by atoms with Crippen LogP contribution in [0.15, 0.2) is 194 Å². The number of ether oxygens (including phenoxy) is 2. The molecule has 8 rings (SSSR count). The van der Waals surface area contributed by atoms with Crippen LogP contribution in [-0.2, 0) is 0 Å². The molecule has 0 bridgehead atoms. The number of benzene rings is 8. The van der Waals surface area contributed by atoms with Gasteiger partial charge in [0.05, 0.1) is 25.6 Å². The van der Waals surface area contributed by atoms with Crippen LogP contribution in [0.25, 0.3) is 33.0 Å². The SMILES string of the molecule is COc1ccc(N(c2ccc(-c3ccccc3)cc2)c2cccc3c(N(c4ccc(OC)cc4)c4ccc(-c5ccccc5)cc4)cccc23)cc1. The number of fused-ring (bicyclic) bond motifs is 1. The molecule has 4 nitrogen and oxygen atoms in total. The van der Waals surface area contributed by atoms with E-state index in [0.29, 0.717) is 0 Å². The van der Waals surface area contributed by atoms with Crippen LogP contribution in [0.1, 0.15) is 0 Å². The van der Waals surface area contributed by atoms with E-state index in [9.17, 15) is 0 Å². The molecule has 0 atom stereocenters. The van der Waals surface area contributed by atoms with Crippen molar-refractivity contribution in [1.29, 1.82) is 0 Å². The summed E-state index contributed by atoms with van der Waals surface area (Å²) in [5, 5.41) is 2.25. The van der Waals surface area contributed by atoms with Crippen molar-refractivity contribution in [2.75, 3.05) is 24.0 Å². The molecule has 0 aliphatic heterocycles. The number of methoxy groups -OCH3 is 2. The molecule has 52 heavy (non-hydrogen) atoms. The zero-order valence-corrected chi connectivity index (χ0v) is 29.2. The lowest BCUT2D eigenvalue weighted by molar-refractivity contribution is 0.414. The minimum Gasteiger partial charge on any atom is -0.497 e. The minimum absolute atomic E-state index is 0.816. The summed E-state index contributed by atoms with van der Waals surface area (Å²) in [4.78, 5) is 4.65. The van der Waals surface area contributed by atoms with Gasteiger partial charge in [-0.15, -0.1) is 0 Å². The van der Waals surface area contributed by atoms with Crippen LogP contribution in [-0.4, -0.2) is 14.2 Å².